The largest absolute Gasteiger partial charge is 0.384 e. The summed E-state index contributed by atoms with van der Waals surface area (Å²) in [6.45, 7) is 3.35. The molecule has 0 unspecified atom stereocenters. The molecule has 4 radical (unpaired) electrons. The fourth-order valence-electron chi connectivity index (χ4n) is 4.38. The zero-order valence-corrected chi connectivity index (χ0v) is 17.5. The second-order valence-corrected chi connectivity index (χ2v) is 8.18. The normalized spacial score (nSPS) is 16.9. The number of aliphatic hydroxyl groups excluding tert-OH is 1. The van der Waals surface area contributed by atoms with Crippen LogP contribution in [0.1, 0.15) is 42.7 Å². The lowest BCUT2D eigenvalue weighted by Gasteiger charge is -2.42. The molecule has 1 aliphatic carbocycles. The van der Waals surface area contributed by atoms with Crippen LogP contribution >= 0.6 is 0 Å². The molecular weight excluding hydrogens is 398 g/mol. The van der Waals surface area contributed by atoms with E-state index in [0.29, 0.717) is 22.4 Å². The van der Waals surface area contributed by atoms with Gasteiger partial charge in [-0.25, -0.2) is 8.78 Å². The Bertz CT molecular complexity index is 1160. The Hall–Kier alpha value is -2.59. The highest BCUT2D eigenvalue weighted by atomic mass is 19.3. The molecule has 1 N–H and O–H groups in total. The molecule has 31 heavy (non-hydrogen) atoms. The van der Waals surface area contributed by atoms with E-state index in [2.05, 4.69) is 22.0 Å². The van der Waals surface area contributed by atoms with Gasteiger partial charge in [-0.05, 0) is 44.0 Å². The molecule has 5 nitrogen and oxygen atoms in total. The molecule has 1 saturated carbocycles. The molecule has 9 heteroatoms. The van der Waals surface area contributed by atoms with Crippen LogP contribution < -0.4 is 0 Å². The lowest BCUT2D eigenvalue weighted by atomic mass is 9.52. The first-order valence-electron chi connectivity index (χ1n) is 10.1. The molecule has 0 amide bonds. The summed E-state index contributed by atoms with van der Waals surface area (Å²) in [5.74, 6) is 3.12. The van der Waals surface area contributed by atoms with Crippen molar-refractivity contribution >= 4 is 26.7 Å². The van der Waals surface area contributed by atoms with E-state index in [1.165, 1.54) is 0 Å². The van der Waals surface area contributed by atoms with Crippen LogP contribution in [0.5, 0.6) is 0 Å². The standard InChI is InChI=1S/C22H21B2F2N3O2/c1-13-19(14(2)31-28-13)16-10-18-20(27-11-16)15(4-3-9-30)12-29(18)22(23,24)17-5-7-21(25,26)8-6-17/h10-12,17,30H,5-9H2,1-2H3. The van der Waals surface area contributed by atoms with Gasteiger partial charge in [0.05, 0.1) is 32.5 Å². The van der Waals surface area contributed by atoms with E-state index in [1.807, 2.05) is 19.9 Å². The first kappa shape index (κ1) is 21.6. The second kappa shape index (κ2) is 7.83. The average molecular weight is 419 g/mol. The van der Waals surface area contributed by atoms with Crippen molar-refractivity contribution in [3.8, 4) is 23.0 Å². The van der Waals surface area contributed by atoms with Crippen LogP contribution in [0.2, 0.25) is 0 Å². The molecule has 156 valence electrons. The van der Waals surface area contributed by atoms with Crippen molar-refractivity contribution in [1.82, 2.24) is 14.7 Å². The minimum Gasteiger partial charge on any atom is -0.384 e. The van der Waals surface area contributed by atoms with Crippen LogP contribution in [0, 0.1) is 31.6 Å². The minimum absolute atomic E-state index is 0.217. The van der Waals surface area contributed by atoms with Crippen LogP contribution in [-0.4, -0.2) is 48.0 Å². The van der Waals surface area contributed by atoms with Crippen molar-refractivity contribution in [2.75, 3.05) is 6.61 Å². The summed E-state index contributed by atoms with van der Waals surface area (Å²) in [4.78, 5) is 4.57. The van der Waals surface area contributed by atoms with Crippen LogP contribution in [0.25, 0.3) is 22.2 Å². The molecule has 1 fully saturated rings. The third-order valence-corrected chi connectivity index (χ3v) is 6.05. The van der Waals surface area contributed by atoms with Crippen LogP contribution in [-0.2, 0) is 5.34 Å². The highest BCUT2D eigenvalue weighted by molar-refractivity contribution is 6.38. The third-order valence-electron chi connectivity index (χ3n) is 6.05. The highest BCUT2D eigenvalue weighted by Crippen LogP contribution is 2.42. The van der Waals surface area contributed by atoms with Gasteiger partial charge < -0.3 is 14.2 Å². The average Bonchev–Trinajstić information content (AvgIpc) is 3.25. The molecular formula is C22H21B2F2N3O2. The van der Waals surface area contributed by atoms with E-state index in [0.717, 1.165) is 16.8 Å². The van der Waals surface area contributed by atoms with Gasteiger partial charge in [0.15, 0.2) is 0 Å². The van der Waals surface area contributed by atoms with Gasteiger partial charge in [0.25, 0.3) is 0 Å². The maximum absolute atomic E-state index is 13.7. The number of alkyl halides is 2. The van der Waals surface area contributed by atoms with Crippen molar-refractivity contribution in [3.05, 3.63) is 35.5 Å². The molecule has 1 aliphatic rings. The van der Waals surface area contributed by atoms with E-state index in [9.17, 15) is 8.78 Å². The van der Waals surface area contributed by atoms with Gasteiger partial charge in [0, 0.05) is 36.4 Å². The molecule has 3 heterocycles. The van der Waals surface area contributed by atoms with Gasteiger partial charge in [-0.1, -0.05) is 17.0 Å². The topological polar surface area (TPSA) is 64.1 Å². The van der Waals surface area contributed by atoms with Crippen molar-refractivity contribution in [1.29, 1.82) is 0 Å². The number of aliphatic hydroxyl groups is 1. The Balaban J connectivity index is 1.86. The summed E-state index contributed by atoms with van der Waals surface area (Å²) in [7, 11) is 13.2. The fourth-order valence-corrected chi connectivity index (χ4v) is 4.38. The zero-order chi connectivity index (χ0) is 22.4. The van der Waals surface area contributed by atoms with E-state index in [4.69, 9.17) is 25.3 Å². The minimum atomic E-state index is -2.68. The second-order valence-electron chi connectivity index (χ2n) is 8.18. The lowest BCUT2D eigenvalue weighted by Crippen LogP contribution is -2.45. The van der Waals surface area contributed by atoms with Gasteiger partial charge in [0.2, 0.25) is 5.92 Å². The van der Waals surface area contributed by atoms with E-state index < -0.39 is 11.3 Å². The Morgan fingerprint density at radius 2 is 2.03 bits per heavy atom. The van der Waals surface area contributed by atoms with E-state index >= 15 is 0 Å². The molecule has 4 rings (SSSR count). The van der Waals surface area contributed by atoms with Gasteiger partial charge in [-0.3, -0.25) is 4.98 Å². The number of fused-ring (bicyclic) bond motifs is 1. The third kappa shape index (κ3) is 3.89. The summed E-state index contributed by atoms with van der Waals surface area (Å²) in [6, 6.07) is 1.88. The molecule has 0 aliphatic heterocycles. The number of hydrogen-bond acceptors (Lipinski definition) is 4. The van der Waals surface area contributed by atoms with Gasteiger partial charge in [-0.2, -0.15) is 0 Å². The molecule has 0 spiro atoms. The summed E-state index contributed by atoms with van der Waals surface area (Å²) in [5.41, 5.74) is 4.06. The summed E-state index contributed by atoms with van der Waals surface area (Å²) >= 11 is 0. The van der Waals surface area contributed by atoms with E-state index in [1.54, 1.807) is 17.0 Å². The van der Waals surface area contributed by atoms with Crippen LogP contribution in [0.4, 0.5) is 8.78 Å². The van der Waals surface area contributed by atoms with Crippen molar-refractivity contribution in [3.63, 3.8) is 0 Å². The molecule has 0 saturated heterocycles. The van der Waals surface area contributed by atoms with Gasteiger partial charge >= 0.3 is 0 Å². The molecule has 3 aromatic rings. The number of nitrogens with zero attached hydrogens (tertiary/aromatic N) is 3. The van der Waals surface area contributed by atoms with Crippen LogP contribution in [0.15, 0.2) is 23.0 Å². The maximum atomic E-state index is 13.7. The number of rotatable bonds is 3. The first-order chi connectivity index (χ1) is 14.6. The van der Waals surface area contributed by atoms with Crippen molar-refractivity contribution < 1.29 is 18.4 Å². The number of pyridine rings is 1. The Morgan fingerprint density at radius 1 is 1.32 bits per heavy atom. The lowest BCUT2D eigenvalue weighted by molar-refractivity contribution is -0.0498. The number of hydrogen-bond donors (Lipinski definition) is 1. The zero-order valence-electron chi connectivity index (χ0n) is 17.5. The Labute approximate surface area is 182 Å². The van der Waals surface area contributed by atoms with Crippen molar-refractivity contribution in [2.45, 2.75) is 50.8 Å². The quantitative estimate of drug-likeness (QED) is 0.522. The summed E-state index contributed by atoms with van der Waals surface area (Å²) < 4.78 is 34.3. The maximum Gasteiger partial charge on any atom is 0.248 e. The van der Waals surface area contributed by atoms with Crippen molar-refractivity contribution in [2.24, 2.45) is 5.92 Å². The SMILES string of the molecule is [B]C([B])(C1CCC(F)(F)CC1)n1cc(C#CCO)c2ncc(-c3c(C)noc3C)cc21. The van der Waals surface area contributed by atoms with Gasteiger partial charge in [0.1, 0.15) is 17.9 Å². The molecule has 0 atom stereocenters. The molecule has 0 aromatic carbocycles. The van der Waals surface area contributed by atoms with Crippen LogP contribution in [0.3, 0.4) is 0 Å². The summed E-state index contributed by atoms with van der Waals surface area (Å²) in [6.07, 6.45) is 3.32. The number of aromatic nitrogens is 3. The number of aryl methyl sites for hydroxylation is 2. The highest BCUT2D eigenvalue weighted by Gasteiger charge is 2.41. The molecule has 0 bridgehead atoms. The summed E-state index contributed by atoms with van der Waals surface area (Å²) in [5, 5.41) is 11.7. The van der Waals surface area contributed by atoms with E-state index in [-0.39, 0.29) is 38.2 Å². The smallest absolute Gasteiger partial charge is 0.248 e. The Kier molecular flexibility index (Phi) is 5.47. The molecule has 3 aromatic heterocycles. The fraction of sp³-hybridized carbons (Fsp3) is 0.455. The first-order valence-corrected chi connectivity index (χ1v) is 10.1. The van der Waals surface area contributed by atoms with Gasteiger partial charge in [-0.15, -0.1) is 0 Å². The predicted molar refractivity (Wildman–Crippen MR) is 115 cm³/mol. The predicted octanol–water partition coefficient (Wildman–Crippen LogP) is 3.42. The Morgan fingerprint density at radius 3 is 2.65 bits per heavy atom. The monoisotopic (exact) mass is 419 g/mol. The number of halogens is 2.